The minimum absolute atomic E-state index is 0.229. The van der Waals surface area contributed by atoms with Crippen molar-refractivity contribution in [3.05, 3.63) is 78.4 Å². The number of ether oxygens (including phenoxy) is 4. The summed E-state index contributed by atoms with van der Waals surface area (Å²) >= 11 is 0. The minimum atomic E-state index is -0.497. The molecule has 0 bridgehead atoms. The molecule has 2 aliphatic rings. The van der Waals surface area contributed by atoms with Crippen molar-refractivity contribution in [3.8, 4) is 17.2 Å². The van der Waals surface area contributed by atoms with Crippen molar-refractivity contribution in [3.63, 3.8) is 0 Å². The van der Waals surface area contributed by atoms with E-state index in [0.29, 0.717) is 13.2 Å². The molecule has 1 saturated heterocycles. The number of nitrogens with zero attached hydrogens (tertiary/aromatic N) is 1. The van der Waals surface area contributed by atoms with E-state index in [1.807, 2.05) is 72.8 Å². The van der Waals surface area contributed by atoms with E-state index in [4.69, 9.17) is 18.9 Å². The quantitative estimate of drug-likeness (QED) is 0.442. The second kappa shape index (κ2) is 7.72. The van der Waals surface area contributed by atoms with Crippen LogP contribution in [-0.2, 0) is 14.3 Å². The van der Waals surface area contributed by atoms with Gasteiger partial charge < -0.3 is 23.8 Å². The van der Waals surface area contributed by atoms with E-state index in [2.05, 4.69) is 4.90 Å². The third-order valence-corrected chi connectivity index (χ3v) is 5.25. The smallest absolute Gasteiger partial charge is 0.338 e. The van der Waals surface area contributed by atoms with Crippen LogP contribution in [0.2, 0.25) is 0 Å². The van der Waals surface area contributed by atoms with Gasteiger partial charge in [0, 0.05) is 0 Å². The third-order valence-electron chi connectivity index (χ3n) is 5.25. The first-order valence-electron chi connectivity index (χ1n) is 9.84. The summed E-state index contributed by atoms with van der Waals surface area (Å²) in [4.78, 5) is 13.7. The highest BCUT2D eigenvalue weighted by Gasteiger charge is 2.47. The van der Waals surface area contributed by atoms with E-state index in [1.54, 1.807) is 0 Å². The number of hydrogen-bond donors (Lipinski definition) is 0. The van der Waals surface area contributed by atoms with Crippen LogP contribution in [0.25, 0.3) is 0 Å². The summed E-state index contributed by atoms with van der Waals surface area (Å²) in [6.07, 6.45) is -0.726. The van der Waals surface area contributed by atoms with Gasteiger partial charge in [-0.3, -0.25) is 0 Å². The first-order chi connectivity index (χ1) is 14.7. The fourth-order valence-corrected chi connectivity index (χ4v) is 3.69. The highest BCUT2D eigenvalue weighted by molar-refractivity contribution is 5.78. The van der Waals surface area contributed by atoms with Crippen LogP contribution in [0, 0.1) is 0 Å². The zero-order valence-corrected chi connectivity index (χ0v) is 16.5. The largest absolute Gasteiger partial charge is 0.492 e. The number of carbonyl (C=O) groups is 1. The first-order valence-corrected chi connectivity index (χ1v) is 9.84. The van der Waals surface area contributed by atoms with Crippen LogP contribution in [0.15, 0.2) is 72.8 Å². The lowest BCUT2D eigenvalue weighted by molar-refractivity contribution is -0.142. The van der Waals surface area contributed by atoms with E-state index in [0.717, 1.165) is 34.2 Å². The summed E-state index contributed by atoms with van der Waals surface area (Å²) in [6, 6.07) is 23.6. The number of para-hydroxylation sites is 4. The van der Waals surface area contributed by atoms with Crippen molar-refractivity contribution in [2.45, 2.75) is 12.2 Å². The lowest BCUT2D eigenvalue weighted by atomic mass is 10.1. The number of methoxy groups -OCH3 is 1. The molecule has 5 rings (SSSR count). The molecule has 3 aromatic carbocycles. The first kappa shape index (κ1) is 18.5. The highest BCUT2D eigenvalue weighted by atomic mass is 16.6. The molecule has 0 aliphatic carbocycles. The van der Waals surface area contributed by atoms with Crippen molar-refractivity contribution in [2.24, 2.45) is 0 Å². The summed E-state index contributed by atoms with van der Waals surface area (Å²) in [5.41, 5.74) is 2.98. The molecule has 0 amide bonds. The topological polar surface area (TPSA) is 60.5 Å². The van der Waals surface area contributed by atoms with Gasteiger partial charge in [0.25, 0.3) is 0 Å². The maximum Gasteiger partial charge on any atom is 0.338 e. The van der Waals surface area contributed by atoms with Crippen LogP contribution in [0.3, 0.4) is 0 Å². The Morgan fingerprint density at radius 3 is 2.20 bits per heavy atom. The Kier molecular flexibility index (Phi) is 4.77. The predicted molar refractivity (Wildman–Crippen MR) is 112 cm³/mol. The Bertz CT molecular complexity index is 1020. The number of epoxide rings is 1. The molecule has 6 heteroatoms. The van der Waals surface area contributed by atoms with E-state index >= 15 is 0 Å². The van der Waals surface area contributed by atoms with Crippen molar-refractivity contribution >= 4 is 17.3 Å². The number of anilines is 2. The van der Waals surface area contributed by atoms with Gasteiger partial charge >= 0.3 is 5.97 Å². The minimum Gasteiger partial charge on any atom is -0.492 e. The lowest BCUT2D eigenvalue weighted by Crippen LogP contribution is -2.26. The van der Waals surface area contributed by atoms with Gasteiger partial charge in [-0.1, -0.05) is 36.4 Å². The zero-order chi connectivity index (χ0) is 20.5. The predicted octanol–water partition coefficient (Wildman–Crippen LogP) is 4.62. The van der Waals surface area contributed by atoms with E-state index in [1.165, 1.54) is 7.11 Å². The van der Waals surface area contributed by atoms with Gasteiger partial charge in [0.2, 0.25) is 0 Å². The molecule has 3 aromatic rings. The number of esters is 1. The van der Waals surface area contributed by atoms with Gasteiger partial charge in [-0.25, -0.2) is 4.79 Å². The molecule has 6 nitrogen and oxygen atoms in total. The number of carbonyl (C=O) groups excluding carboxylic acids is 1. The molecule has 1 fully saturated rings. The van der Waals surface area contributed by atoms with Crippen LogP contribution in [-0.4, -0.2) is 32.3 Å². The van der Waals surface area contributed by atoms with Crippen molar-refractivity contribution in [1.82, 2.24) is 0 Å². The van der Waals surface area contributed by atoms with E-state index in [9.17, 15) is 4.79 Å². The molecule has 2 heterocycles. The fourth-order valence-electron chi connectivity index (χ4n) is 3.69. The van der Waals surface area contributed by atoms with Gasteiger partial charge in [-0.15, -0.1) is 0 Å². The molecule has 2 unspecified atom stereocenters. The molecule has 152 valence electrons. The Morgan fingerprint density at radius 2 is 1.57 bits per heavy atom. The average Bonchev–Trinajstić information content (AvgIpc) is 3.59. The molecule has 30 heavy (non-hydrogen) atoms. The van der Waals surface area contributed by atoms with E-state index in [-0.39, 0.29) is 12.1 Å². The molecule has 2 aliphatic heterocycles. The highest BCUT2D eigenvalue weighted by Crippen LogP contribution is 2.46. The fraction of sp³-hybridized carbons (Fsp3) is 0.208. The molecular weight excluding hydrogens is 382 g/mol. The van der Waals surface area contributed by atoms with Crippen LogP contribution in [0.5, 0.6) is 17.2 Å². The van der Waals surface area contributed by atoms with Crippen LogP contribution < -0.4 is 14.4 Å². The standard InChI is InChI=1S/C24H21NO5/c1-27-24(26)23-22(30-23)16-10-12-17(13-11-16)28-15-14-25-18-6-2-4-8-20(18)29-21-9-5-3-7-19(21)25/h2-13,22-23H,14-15H2,1H3. The molecule has 0 aromatic heterocycles. The average molecular weight is 403 g/mol. The summed E-state index contributed by atoms with van der Waals surface area (Å²) in [5, 5.41) is 0. The second-order valence-electron chi connectivity index (χ2n) is 7.11. The number of hydrogen-bond acceptors (Lipinski definition) is 6. The Morgan fingerprint density at radius 1 is 0.933 bits per heavy atom. The zero-order valence-electron chi connectivity index (χ0n) is 16.5. The maximum atomic E-state index is 11.5. The van der Waals surface area contributed by atoms with Crippen LogP contribution >= 0.6 is 0 Å². The SMILES string of the molecule is COC(=O)C1OC1c1ccc(OCCN2c3ccccc3Oc3ccccc32)cc1. The number of rotatable bonds is 6. The third kappa shape index (κ3) is 3.46. The van der Waals surface area contributed by atoms with Crippen molar-refractivity contribution in [2.75, 3.05) is 25.2 Å². The summed E-state index contributed by atoms with van der Waals surface area (Å²) in [6.45, 7) is 1.18. The van der Waals surface area contributed by atoms with E-state index < -0.39 is 6.10 Å². The molecule has 0 radical (unpaired) electrons. The monoisotopic (exact) mass is 403 g/mol. The van der Waals surface area contributed by atoms with Crippen molar-refractivity contribution < 1.29 is 23.7 Å². The lowest BCUT2D eigenvalue weighted by Gasteiger charge is -2.32. The summed E-state index contributed by atoms with van der Waals surface area (Å²) in [5.74, 6) is 2.10. The Hall–Kier alpha value is -3.51. The Labute approximate surface area is 174 Å². The van der Waals surface area contributed by atoms with Gasteiger partial charge in [-0.2, -0.15) is 0 Å². The molecule has 2 atom stereocenters. The van der Waals surface area contributed by atoms with Crippen LogP contribution in [0.4, 0.5) is 11.4 Å². The molecule has 0 spiro atoms. The number of fused-ring (bicyclic) bond motifs is 2. The summed E-state index contributed by atoms with van der Waals surface area (Å²) in [7, 11) is 1.36. The maximum absolute atomic E-state index is 11.5. The van der Waals surface area contributed by atoms with Crippen LogP contribution in [0.1, 0.15) is 11.7 Å². The summed E-state index contributed by atoms with van der Waals surface area (Å²) < 4.78 is 22.1. The second-order valence-corrected chi connectivity index (χ2v) is 7.11. The van der Waals surface area contributed by atoms with Crippen molar-refractivity contribution in [1.29, 1.82) is 0 Å². The normalized spacial score (nSPS) is 18.6. The van der Waals surface area contributed by atoms with Gasteiger partial charge in [0.1, 0.15) is 18.5 Å². The number of benzene rings is 3. The van der Waals surface area contributed by atoms with Gasteiger partial charge in [0.15, 0.2) is 17.6 Å². The Balaban J connectivity index is 1.24. The molecule has 0 N–H and O–H groups in total. The molecule has 0 saturated carbocycles. The van der Waals surface area contributed by atoms with Gasteiger partial charge in [-0.05, 0) is 42.0 Å². The molecular formula is C24H21NO5. The van der Waals surface area contributed by atoms with Gasteiger partial charge in [0.05, 0.1) is 25.0 Å².